The van der Waals surface area contributed by atoms with Crippen LogP contribution in [0, 0.1) is 6.92 Å². The van der Waals surface area contributed by atoms with Gasteiger partial charge in [-0.05, 0) is 38.1 Å². The Morgan fingerprint density at radius 2 is 2.00 bits per heavy atom. The van der Waals surface area contributed by atoms with Gasteiger partial charge in [-0.3, -0.25) is 4.79 Å². The molecule has 3 heterocycles. The first-order chi connectivity index (χ1) is 10.6. The van der Waals surface area contributed by atoms with E-state index in [1.165, 1.54) is 11.3 Å². The van der Waals surface area contributed by atoms with Crippen LogP contribution in [0.3, 0.4) is 0 Å². The summed E-state index contributed by atoms with van der Waals surface area (Å²) in [5.74, 6) is 1.29. The maximum atomic E-state index is 12.7. The molecule has 6 heteroatoms. The zero-order valence-corrected chi connectivity index (χ0v) is 13.4. The van der Waals surface area contributed by atoms with Crippen LogP contribution in [-0.4, -0.2) is 22.8 Å². The van der Waals surface area contributed by atoms with Gasteiger partial charge in [0.05, 0.1) is 18.6 Å². The Labute approximate surface area is 132 Å². The van der Waals surface area contributed by atoms with Crippen molar-refractivity contribution in [2.75, 3.05) is 7.05 Å². The molecule has 0 aliphatic carbocycles. The fourth-order valence-corrected chi connectivity index (χ4v) is 3.04. The lowest BCUT2D eigenvalue weighted by molar-refractivity contribution is 0.0720. The highest BCUT2D eigenvalue weighted by Gasteiger charge is 2.25. The average Bonchev–Trinajstić information content (AvgIpc) is 3.25. The summed E-state index contributed by atoms with van der Waals surface area (Å²) in [6.45, 7) is 3.81. The van der Waals surface area contributed by atoms with Crippen molar-refractivity contribution < 1.29 is 13.6 Å². The van der Waals surface area contributed by atoms with Crippen LogP contribution < -0.4 is 0 Å². The van der Waals surface area contributed by atoms with Crippen molar-refractivity contribution in [1.82, 2.24) is 9.88 Å². The Kier molecular flexibility index (Phi) is 3.85. The lowest BCUT2D eigenvalue weighted by Crippen LogP contribution is -2.30. The molecule has 0 saturated heterocycles. The average molecular weight is 316 g/mol. The van der Waals surface area contributed by atoms with E-state index in [-0.39, 0.29) is 11.9 Å². The quantitative estimate of drug-likeness (QED) is 0.726. The molecule has 3 aromatic rings. The predicted octanol–water partition coefficient (Wildman–Crippen LogP) is 4.14. The minimum absolute atomic E-state index is 0.129. The number of hydrogen-bond donors (Lipinski definition) is 0. The molecule has 0 aliphatic heterocycles. The van der Waals surface area contributed by atoms with E-state index in [4.69, 9.17) is 8.83 Å². The van der Waals surface area contributed by atoms with Gasteiger partial charge in [0.1, 0.15) is 11.5 Å². The second-order valence-electron chi connectivity index (χ2n) is 5.01. The number of nitrogens with zero attached hydrogens (tertiary/aromatic N) is 2. The number of carbonyl (C=O) groups is 1. The third-order valence-corrected chi connectivity index (χ3v) is 4.57. The monoisotopic (exact) mass is 316 g/mol. The molecule has 1 amide bonds. The Balaban J connectivity index is 1.86. The number of aromatic nitrogens is 1. The first kappa shape index (κ1) is 14.6. The molecule has 0 radical (unpaired) electrons. The van der Waals surface area contributed by atoms with E-state index in [0.717, 1.165) is 10.6 Å². The number of amides is 1. The van der Waals surface area contributed by atoms with Crippen molar-refractivity contribution in [3.05, 3.63) is 53.1 Å². The van der Waals surface area contributed by atoms with Crippen molar-refractivity contribution in [1.29, 1.82) is 0 Å². The Morgan fingerprint density at radius 1 is 1.27 bits per heavy atom. The van der Waals surface area contributed by atoms with Crippen LogP contribution in [0.2, 0.25) is 0 Å². The molecule has 5 nitrogen and oxygen atoms in total. The molecule has 3 rings (SSSR count). The summed E-state index contributed by atoms with van der Waals surface area (Å²) in [6.07, 6.45) is 3.20. The summed E-state index contributed by atoms with van der Waals surface area (Å²) in [5.41, 5.74) is 0.456. The largest absolute Gasteiger partial charge is 0.467 e. The van der Waals surface area contributed by atoms with Crippen LogP contribution in [0.15, 0.2) is 45.6 Å². The van der Waals surface area contributed by atoms with Crippen LogP contribution >= 0.6 is 11.3 Å². The fourth-order valence-electron chi connectivity index (χ4n) is 2.16. The summed E-state index contributed by atoms with van der Waals surface area (Å²) < 4.78 is 10.7. The Bertz CT molecular complexity index is 760. The number of carbonyl (C=O) groups excluding carboxylic acids is 1. The third kappa shape index (κ3) is 2.57. The highest BCUT2D eigenvalue weighted by Crippen LogP contribution is 2.29. The molecule has 114 valence electrons. The van der Waals surface area contributed by atoms with E-state index in [0.29, 0.717) is 16.5 Å². The summed E-state index contributed by atoms with van der Waals surface area (Å²) in [5, 5.41) is 0.713. The minimum Gasteiger partial charge on any atom is -0.467 e. The molecule has 1 unspecified atom stereocenters. The van der Waals surface area contributed by atoms with Crippen LogP contribution in [-0.2, 0) is 0 Å². The molecule has 0 N–H and O–H groups in total. The zero-order valence-electron chi connectivity index (χ0n) is 12.6. The first-order valence-corrected chi connectivity index (χ1v) is 7.71. The van der Waals surface area contributed by atoms with Gasteiger partial charge in [-0.2, -0.15) is 0 Å². The molecule has 0 fully saturated rings. The number of thiazole rings is 1. The molecule has 0 saturated carbocycles. The number of hydrogen-bond acceptors (Lipinski definition) is 5. The van der Waals surface area contributed by atoms with Gasteiger partial charge in [-0.1, -0.05) is 0 Å². The maximum Gasteiger partial charge on any atom is 0.273 e. The van der Waals surface area contributed by atoms with E-state index >= 15 is 0 Å². The number of rotatable bonds is 4. The van der Waals surface area contributed by atoms with Crippen molar-refractivity contribution >= 4 is 17.2 Å². The summed E-state index contributed by atoms with van der Waals surface area (Å²) in [4.78, 5) is 19.6. The van der Waals surface area contributed by atoms with E-state index in [1.54, 1.807) is 30.5 Å². The standard InChI is InChI=1S/C16H16N2O3S/c1-10(12-6-4-8-20-12)18(3)16(19)14-11(2)22-15(17-14)13-7-5-9-21-13/h4-10H,1-3H3. The van der Waals surface area contributed by atoms with Gasteiger partial charge in [-0.15, -0.1) is 11.3 Å². The molecule has 22 heavy (non-hydrogen) atoms. The zero-order chi connectivity index (χ0) is 15.7. The van der Waals surface area contributed by atoms with E-state index < -0.39 is 0 Å². The molecular formula is C16H16N2O3S. The van der Waals surface area contributed by atoms with Gasteiger partial charge < -0.3 is 13.7 Å². The lowest BCUT2D eigenvalue weighted by atomic mass is 10.2. The normalized spacial score (nSPS) is 12.3. The highest BCUT2D eigenvalue weighted by molar-refractivity contribution is 7.15. The third-order valence-electron chi connectivity index (χ3n) is 3.59. The van der Waals surface area contributed by atoms with Crippen LogP contribution in [0.4, 0.5) is 0 Å². The topological polar surface area (TPSA) is 59.5 Å². The number of furan rings is 2. The predicted molar refractivity (Wildman–Crippen MR) is 83.8 cm³/mol. The Morgan fingerprint density at radius 3 is 2.64 bits per heavy atom. The van der Waals surface area contributed by atoms with Crippen LogP contribution in [0.1, 0.15) is 34.1 Å². The van der Waals surface area contributed by atoms with Gasteiger partial charge in [0, 0.05) is 11.9 Å². The summed E-state index contributed by atoms with van der Waals surface area (Å²) in [6, 6.07) is 7.15. The van der Waals surface area contributed by atoms with Crippen LogP contribution in [0.5, 0.6) is 0 Å². The second-order valence-corrected chi connectivity index (χ2v) is 6.21. The van der Waals surface area contributed by atoms with Crippen LogP contribution in [0.25, 0.3) is 10.8 Å². The van der Waals surface area contributed by atoms with E-state index in [2.05, 4.69) is 4.98 Å². The molecular weight excluding hydrogens is 300 g/mol. The second kappa shape index (κ2) is 5.81. The van der Waals surface area contributed by atoms with Gasteiger partial charge >= 0.3 is 0 Å². The molecule has 0 aromatic carbocycles. The van der Waals surface area contributed by atoms with Gasteiger partial charge in [0.2, 0.25) is 0 Å². The van der Waals surface area contributed by atoms with E-state index in [9.17, 15) is 4.79 Å². The SMILES string of the molecule is Cc1sc(-c2ccco2)nc1C(=O)N(C)C(C)c1ccco1. The highest BCUT2D eigenvalue weighted by atomic mass is 32.1. The van der Waals surface area contributed by atoms with Crippen molar-refractivity contribution in [3.63, 3.8) is 0 Å². The molecule has 1 atom stereocenters. The smallest absolute Gasteiger partial charge is 0.273 e. The van der Waals surface area contributed by atoms with Crippen molar-refractivity contribution in [3.8, 4) is 10.8 Å². The maximum absolute atomic E-state index is 12.7. The molecule has 0 spiro atoms. The van der Waals surface area contributed by atoms with Gasteiger partial charge in [-0.25, -0.2) is 4.98 Å². The van der Waals surface area contributed by atoms with E-state index in [1.807, 2.05) is 32.0 Å². The molecule has 0 aliphatic rings. The molecule has 3 aromatic heterocycles. The van der Waals surface area contributed by atoms with Gasteiger partial charge in [0.25, 0.3) is 5.91 Å². The van der Waals surface area contributed by atoms with Crippen molar-refractivity contribution in [2.24, 2.45) is 0 Å². The summed E-state index contributed by atoms with van der Waals surface area (Å²) >= 11 is 1.45. The fraction of sp³-hybridized carbons (Fsp3) is 0.250. The summed E-state index contributed by atoms with van der Waals surface area (Å²) in [7, 11) is 1.75. The van der Waals surface area contributed by atoms with Crippen molar-refractivity contribution in [2.45, 2.75) is 19.9 Å². The van der Waals surface area contributed by atoms with Gasteiger partial charge in [0.15, 0.2) is 10.8 Å². The number of aryl methyl sites for hydroxylation is 1. The Hall–Kier alpha value is -2.34. The first-order valence-electron chi connectivity index (χ1n) is 6.89. The minimum atomic E-state index is -0.157. The lowest BCUT2D eigenvalue weighted by Gasteiger charge is -2.22. The molecule has 0 bridgehead atoms.